The van der Waals surface area contributed by atoms with Gasteiger partial charge in [0, 0.05) is 37.9 Å². The Labute approximate surface area is 119 Å². The van der Waals surface area contributed by atoms with Gasteiger partial charge in [0.15, 0.2) is 5.82 Å². The molecule has 19 heavy (non-hydrogen) atoms. The van der Waals surface area contributed by atoms with Gasteiger partial charge in [-0.2, -0.15) is 0 Å². The molecule has 0 N–H and O–H groups in total. The predicted octanol–water partition coefficient (Wildman–Crippen LogP) is 2.35. The Morgan fingerprint density at radius 2 is 2.21 bits per heavy atom. The van der Waals surface area contributed by atoms with Gasteiger partial charge in [-0.05, 0) is 24.7 Å². The van der Waals surface area contributed by atoms with Crippen LogP contribution in [0, 0.1) is 11.8 Å². The fraction of sp³-hybridized carbons (Fsp3) is 0.714. The molecule has 0 radical (unpaired) electrons. The van der Waals surface area contributed by atoms with Crippen molar-refractivity contribution in [1.82, 2.24) is 9.55 Å². The maximum absolute atomic E-state index is 12.3. The summed E-state index contributed by atoms with van der Waals surface area (Å²) in [4.78, 5) is 18.5. The molecule has 1 aromatic heterocycles. The van der Waals surface area contributed by atoms with Gasteiger partial charge in [-0.15, -0.1) is 11.6 Å². The van der Waals surface area contributed by atoms with Crippen molar-refractivity contribution in [2.24, 2.45) is 11.8 Å². The fourth-order valence-electron chi connectivity index (χ4n) is 2.51. The highest BCUT2D eigenvalue weighted by Crippen LogP contribution is 2.32. The van der Waals surface area contributed by atoms with Crippen LogP contribution < -0.4 is 10.5 Å². The second kappa shape index (κ2) is 5.95. The molecule has 1 saturated carbocycles. The monoisotopic (exact) mass is 283 g/mol. The van der Waals surface area contributed by atoms with Crippen LogP contribution in [-0.2, 0) is 6.54 Å². The Hall–Kier alpha value is -1.03. The van der Waals surface area contributed by atoms with Gasteiger partial charge in [0.05, 0.1) is 0 Å². The van der Waals surface area contributed by atoms with Gasteiger partial charge in [0.25, 0.3) is 5.56 Å². The molecular weight excluding hydrogens is 262 g/mol. The van der Waals surface area contributed by atoms with Gasteiger partial charge in [0.1, 0.15) is 0 Å². The van der Waals surface area contributed by atoms with Gasteiger partial charge in [-0.1, -0.05) is 13.8 Å². The molecule has 0 aromatic carbocycles. The highest BCUT2D eigenvalue weighted by molar-refractivity contribution is 6.21. The lowest BCUT2D eigenvalue weighted by Gasteiger charge is -2.34. The summed E-state index contributed by atoms with van der Waals surface area (Å²) in [6.45, 7) is 5.79. The minimum Gasteiger partial charge on any atom is -0.355 e. The van der Waals surface area contributed by atoms with Crippen LogP contribution in [0.2, 0.25) is 0 Å². The lowest BCUT2D eigenvalue weighted by atomic mass is 9.84. The first-order valence-corrected chi connectivity index (χ1v) is 7.31. The Balaban J connectivity index is 2.08. The molecule has 4 nitrogen and oxygen atoms in total. The number of aromatic nitrogens is 2. The first kappa shape index (κ1) is 14.4. The second-order valence-electron chi connectivity index (χ2n) is 5.92. The summed E-state index contributed by atoms with van der Waals surface area (Å²) >= 11 is 5.99. The largest absolute Gasteiger partial charge is 0.355 e. The number of halogens is 1. The highest BCUT2D eigenvalue weighted by Gasteiger charge is 2.28. The van der Waals surface area contributed by atoms with E-state index in [0.717, 1.165) is 25.9 Å². The summed E-state index contributed by atoms with van der Waals surface area (Å²) in [6, 6.07) is 0. The normalized spacial score (nSPS) is 22.4. The number of nitrogens with zero attached hydrogens (tertiary/aromatic N) is 3. The molecule has 1 fully saturated rings. The van der Waals surface area contributed by atoms with Crippen molar-refractivity contribution in [3.8, 4) is 0 Å². The molecular formula is C14H22ClN3O. The summed E-state index contributed by atoms with van der Waals surface area (Å²) < 4.78 is 1.74. The second-order valence-corrected chi connectivity index (χ2v) is 6.53. The van der Waals surface area contributed by atoms with E-state index in [0.29, 0.717) is 23.0 Å². The minimum atomic E-state index is 0.000414. The first-order chi connectivity index (χ1) is 8.97. The smallest absolute Gasteiger partial charge is 0.293 e. The van der Waals surface area contributed by atoms with E-state index in [4.69, 9.17) is 11.6 Å². The van der Waals surface area contributed by atoms with E-state index in [1.165, 1.54) is 0 Å². The molecule has 0 aliphatic heterocycles. The zero-order chi connectivity index (χ0) is 14.0. The van der Waals surface area contributed by atoms with Crippen molar-refractivity contribution < 1.29 is 0 Å². The van der Waals surface area contributed by atoms with Gasteiger partial charge >= 0.3 is 0 Å². The van der Waals surface area contributed by atoms with Crippen LogP contribution in [0.4, 0.5) is 5.82 Å². The average molecular weight is 284 g/mol. The van der Waals surface area contributed by atoms with Crippen LogP contribution in [0.3, 0.4) is 0 Å². The topological polar surface area (TPSA) is 38.1 Å². The Kier molecular flexibility index (Phi) is 4.50. The van der Waals surface area contributed by atoms with E-state index in [-0.39, 0.29) is 5.56 Å². The standard InChI is InChI=1S/C14H22ClN3O/c1-10(2)8-18-5-4-16-13(14(18)19)17(3)9-11-6-12(15)7-11/h4-5,10-12H,6-9H2,1-3H3. The van der Waals surface area contributed by atoms with Gasteiger partial charge < -0.3 is 9.47 Å². The number of alkyl halides is 1. The van der Waals surface area contributed by atoms with E-state index in [2.05, 4.69) is 18.8 Å². The van der Waals surface area contributed by atoms with Crippen molar-refractivity contribution in [3.63, 3.8) is 0 Å². The van der Waals surface area contributed by atoms with Crippen LogP contribution >= 0.6 is 11.6 Å². The molecule has 106 valence electrons. The number of anilines is 1. The van der Waals surface area contributed by atoms with Crippen molar-refractivity contribution in [2.75, 3.05) is 18.5 Å². The third-order valence-electron chi connectivity index (χ3n) is 3.53. The Bertz CT molecular complexity index is 480. The number of hydrogen-bond donors (Lipinski definition) is 0. The summed E-state index contributed by atoms with van der Waals surface area (Å²) in [6.07, 6.45) is 5.55. The molecule has 1 aromatic rings. The lowest BCUT2D eigenvalue weighted by molar-refractivity contribution is 0.328. The number of rotatable bonds is 5. The molecule has 0 bridgehead atoms. The van der Waals surface area contributed by atoms with E-state index >= 15 is 0 Å². The molecule has 2 rings (SSSR count). The molecule has 0 spiro atoms. The van der Waals surface area contributed by atoms with Crippen LogP contribution in [0.15, 0.2) is 17.2 Å². The predicted molar refractivity (Wildman–Crippen MR) is 79.0 cm³/mol. The van der Waals surface area contributed by atoms with Gasteiger partial charge in [-0.3, -0.25) is 4.79 Å². The quantitative estimate of drug-likeness (QED) is 0.779. The lowest BCUT2D eigenvalue weighted by Crippen LogP contribution is -2.38. The maximum Gasteiger partial charge on any atom is 0.293 e. The van der Waals surface area contributed by atoms with Crippen LogP contribution in [0.1, 0.15) is 26.7 Å². The Morgan fingerprint density at radius 1 is 1.53 bits per heavy atom. The first-order valence-electron chi connectivity index (χ1n) is 6.88. The molecule has 0 saturated heterocycles. The molecule has 0 unspecified atom stereocenters. The van der Waals surface area contributed by atoms with E-state index in [1.807, 2.05) is 11.9 Å². The zero-order valence-electron chi connectivity index (χ0n) is 11.8. The van der Waals surface area contributed by atoms with Crippen molar-refractivity contribution >= 4 is 17.4 Å². The van der Waals surface area contributed by atoms with Crippen molar-refractivity contribution in [3.05, 3.63) is 22.7 Å². The molecule has 1 aliphatic carbocycles. The van der Waals surface area contributed by atoms with Gasteiger partial charge in [-0.25, -0.2) is 4.98 Å². The van der Waals surface area contributed by atoms with Crippen LogP contribution in [0.5, 0.6) is 0 Å². The molecule has 1 heterocycles. The molecule has 5 heteroatoms. The highest BCUT2D eigenvalue weighted by atomic mass is 35.5. The van der Waals surface area contributed by atoms with Gasteiger partial charge in [0.2, 0.25) is 0 Å². The van der Waals surface area contributed by atoms with Crippen LogP contribution in [0.25, 0.3) is 0 Å². The van der Waals surface area contributed by atoms with E-state index < -0.39 is 0 Å². The molecule has 1 aliphatic rings. The summed E-state index contributed by atoms with van der Waals surface area (Å²) in [5.74, 6) is 1.58. The van der Waals surface area contributed by atoms with E-state index in [9.17, 15) is 4.79 Å². The minimum absolute atomic E-state index is 0.000414. The van der Waals surface area contributed by atoms with Crippen molar-refractivity contribution in [1.29, 1.82) is 0 Å². The summed E-state index contributed by atoms with van der Waals surface area (Å²) in [5.41, 5.74) is 0.000414. The average Bonchev–Trinajstić information content (AvgIpc) is 2.29. The molecule has 0 amide bonds. The maximum atomic E-state index is 12.3. The zero-order valence-corrected chi connectivity index (χ0v) is 12.6. The molecule has 0 atom stereocenters. The number of hydrogen-bond acceptors (Lipinski definition) is 3. The summed E-state index contributed by atoms with van der Waals surface area (Å²) in [5, 5.41) is 0.319. The van der Waals surface area contributed by atoms with Crippen LogP contribution in [-0.4, -0.2) is 28.5 Å². The summed E-state index contributed by atoms with van der Waals surface area (Å²) in [7, 11) is 1.94. The third kappa shape index (κ3) is 3.50. The SMILES string of the molecule is CC(C)Cn1ccnc(N(C)CC2CC(Cl)C2)c1=O. The Morgan fingerprint density at radius 3 is 2.79 bits per heavy atom. The third-order valence-corrected chi connectivity index (χ3v) is 3.89. The fourth-order valence-corrected chi connectivity index (χ4v) is 3.02. The van der Waals surface area contributed by atoms with E-state index in [1.54, 1.807) is 17.0 Å². The van der Waals surface area contributed by atoms with Crippen molar-refractivity contribution in [2.45, 2.75) is 38.6 Å².